The van der Waals surface area contributed by atoms with Crippen LogP contribution in [0.3, 0.4) is 0 Å². The zero-order valence-electron chi connectivity index (χ0n) is 12.8. The van der Waals surface area contributed by atoms with Crippen molar-refractivity contribution in [3.63, 3.8) is 0 Å². The van der Waals surface area contributed by atoms with E-state index in [0.717, 1.165) is 37.9 Å². The van der Waals surface area contributed by atoms with Crippen LogP contribution in [0.5, 0.6) is 0 Å². The topological polar surface area (TPSA) is 58.2 Å². The lowest BCUT2D eigenvalue weighted by atomic mass is 10.1. The molecule has 5 heteroatoms. The maximum Gasteiger partial charge on any atom is 0.240 e. The minimum atomic E-state index is -3.36. The van der Waals surface area contributed by atoms with Crippen LogP contribution in [-0.4, -0.2) is 28.1 Å². The Bertz CT molecular complexity index is 520. The fourth-order valence-corrected chi connectivity index (χ4v) is 3.89. The third-order valence-electron chi connectivity index (χ3n) is 4.11. The first-order chi connectivity index (χ1) is 10.1. The molecule has 2 N–H and O–H groups in total. The van der Waals surface area contributed by atoms with Gasteiger partial charge in [-0.15, -0.1) is 0 Å². The summed E-state index contributed by atoms with van der Waals surface area (Å²) in [5.74, 6) is 0.513. The van der Waals surface area contributed by atoms with E-state index in [-0.39, 0.29) is 0 Å². The van der Waals surface area contributed by atoms with Gasteiger partial charge in [0.05, 0.1) is 4.90 Å². The number of rotatable bonds is 8. The quantitative estimate of drug-likeness (QED) is 0.724. The summed E-state index contributed by atoms with van der Waals surface area (Å²) >= 11 is 0. The van der Waals surface area contributed by atoms with Gasteiger partial charge in [-0.3, -0.25) is 0 Å². The molecule has 0 aliphatic heterocycles. The Morgan fingerprint density at radius 2 is 1.81 bits per heavy atom. The van der Waals surface area contributed by atoms with Gasteiger partial charge in [-0.05, 0) is 56.0 Å². The van der Waals surface area contributed by atoms with Crippen molar-refractivity contribution < 1.29 is 8.42 Å². The van der Waals surface area contributed by atoms with Gasteiger partial charge in [0.25, 0.3) is 0 Å². The second kappa shape index (κ2) is 7.92. The largest absolute Gasteiger partial charge is 0.317 e. The molecule has 2 rings (SSSR count). The van der Waals surface area contributed by atoms with Gasteiger partial charge < -0.3 is 5.32 Å². The highest BCUT2D eigenvalue weighted by Crippen LogP contribution is 2.24. The number of hydrogen-bond acceptors (Lipinski definition) is 3. The van der Waals surface area contributed by atoms with E-state index in [1.807, 2.05) is 12.1 Å². The molecule has 0 aromatic heterocycles. The molecule has 0 heterocycles. The Morgan fingerprint density at radius 1 is 1.14 bits per heavy atom. The van der Waals surface area contributed by atoms with Crippen molar-refractivity contribution in [1.82, 2.24) is 10.0 Å². The van der Waals surface area contributed by atoms with Gasteiger partial charge in [-0.2, -0.15) is 0 Å². The SMILES string of the molecule is CCNCCc1ccc(S(=O)(=O)NCC2CCCC2)cc1. The molecule has 118 valence electrons. The number of benzene rings is 1. The monoisotopic (exact) mass is 310 g/mol. The van der Waals surface area contributed by atoms with Gasteiger partial charge in [-0.1, -0.05) is 31.9 Å². The minimum Gasteiger partial charge on any atom is -0.317 e. The summed E-state index contributed by atoms with van der Waals surface area (Å²) in [6, 6.07) is 7.22. The summed E-state index contributed by atoms with van der Waals surface area (Å²) in [6.07, 6.45) is 5.67. The third-order valence-corrected chi connectivity index (χ3v) is 5.55. The van der Waals surface area contributed by atoms with E-state index in [2.05, 4.69) is 17.0 Å². The Balaban J connectivity index is 1.89. The highest BCUT2D eigenvalue weighted by Gasteiger charge is 2.19. The number of likely N-dealkylation sites (N-methyl/N-ethyl adjacent to an activating group) is 1. The van der Waals surface area contributed by atoms with Crippen molar-refractivity contribution >= 4 is 10.0 Å². The number of sulfonamides is 1. The predicted octanol–water partition coefficient (Wildman–Crippen LogP) is 2.31. The van der Waals surface area contributed by atoms with E-state index in [9.17, 15) is 8.42 Å². The van der Waals surface area contributed by atoms with Gasteiger partial charge in [0.2, 0.25) is 10.0 Å². The van der Waals surface area contributed by atoms with Gasteiger partial charge in [-0.25, -0.2) is 13.1 Å². The summed E-state index contributed by atoms with van der Waals surface area (Å²) in [5.41, 5.74) is 1.16. The molecule has 1 saturated carbocycles. The van der Waals surface area contributed by atoms with E-state index < -0.39 is 10.0 Å². The molecule has 0 atom stereocenters. The summed E-state index contributed by atoms with van der Waals surface area (Å²) in [5, 5.41) is 3.26. The van der Waals surface area contributed by atoms with Crippen LogP contribution in [0, 0.1) is 5.92 Å². The van der Waals surface area contributed by atoms with Crippen LogP contribution in [0.1, 0.15) is 38.2 Å². The maximum absolute atomic E-state index is 12.2. The van der Waals surface area contributed by atoms with Crippen molar-refractivity contribution in [2.45, 2.75) is 43.9 Å². The van der Waals surface area contributed by atoms with Gasteiger partial charge in [0, 0.05) is 6.54 Å². The lowest BCUT2D eigenvalue weighted by Gasteiger charge is -2.11. The average molecular weight is 310 g/mol. The zero-order chi connectivity index (χ0) is 15.1. The van der Waals surface area contributed by atoms with Crippen LogP contribution in [0.25, 0.3) is 0 Å². The highest BCUT2D eigenvalue weighted by atomic mass is 32.2. The van der Waals surface area contributed by atoms with Crippen molar-refractivity contribution in [2.24, 2.45) is 5.92 Å². The Morgan fingerprint density at radius 3 is 2.43 bits per heavy atom. The molecule has 1 fully saturated rings. The first kappa shape index (κ1) is 16.5. The lowest BCUT2D eigenvalue weighted by Crippen LogP contribution is -2.28. The molecule has 0 bridgehead atoms. The molecular weight excluding hydrogens is 284 g/mol. The van der Waals surface area contributed by atoms with E-state index >= 15 is 0 Å². The molecule has 0 unspecified atom stereocenters. The summed E-state index contributed by atoms with van der Waals surface area (Å²) in [4.78, 5) is 0.368. The van der Waals surface area contributed by atoms with Crippen LogP contribution < -0.4 is 10.0 Å². The van der Waals surface area contributed by atoms with E-state index in [0.29, 0.717) is 17.4 Å². The zero-order valence-corrected chi connectivity index (χ0v) is 13.6. The predicted molar refractivity (Wildman–Crippen MR) is 85.8 cm³/mol. The summed E-state index contributed by atoms with van der Waals surface area (Å²) in [7, 11) is -3.36. The van der Waals surface area contributed by atoms with Gasteiger partial charge >= 0.3 is 0 Å². The van der Waals surface area contributed by atoms with Crippen LogP contribution in [-0.2, 0) is 16.4 Å². The standard InChI is InChI=1S/C16H26N2O2S/c1-2-17-12-11-14-7-9-16(10-8-14)21(19,20)18-13-15-5-3-4-6-15/h7-10,15,17-18H,2-6,11-13H2,1H3. The smallest absolute Gasteiger partial charge is 0.240 e. The summed E-state index contributed by atoms with van der Waals surface area (Å²) in [6.45, 7) is 4.52. The van der Waals surface area contributed by atoms with E-state index in [1.165, 1.54) is 12.8 Å². The molecule has 1 aliphatic rings. The van der Waals surface area contributed by atoms with Crippen LogP contribution >= 0.6 is 0 Å². The molecule has 4 nitrogen and oxygen atoms in total. The summed E-state index contributed by atoms with van der Waals surface area (Å²) < 4.78 is 27.2. The molecule has 0 radical (unpaired) electrons. The fourth-order valence-electron chi connectivity index (χ4n) is 2.77. The Labute approximate surface area is 128 Å². The molecule has 1 aromatic carbocycles. The van der Waals surface area contributed by atoms with Crippen molar-refractivity contribution in [1.29, 1.82) is 0 Å². The van der Waals surface area contributed by atoms with Gasteiger partial charge in [0.1, 0.15) is 0 Å². The Hall–Kier alpha value is -0.910. The lowest BCUT2D eigenvalue weighted by molar-refractivity contribution is 0.519. The molecule has 0 saturated heterocycles. The Kier molecular flexibility index (Phi) is 6.21. The van der Waals surface area contributed by atoms with Crippen molar-refractivity contribution in [3.05, 3.63) is 29.8 Å². The molecular formula is C16H26N2O2S. The van der Waals surface area contributed by atoms with Gasteiger partial charge in [0.15, 0.2) is 0 Å². The molecule has 21 heavy (non-hydrogen) atoms. The fraction of sp³-hybridized carbons (Fsp3) is 0.625. The third kappa shape index (κ3) is 5.09. The highest BCUT2D eigenvalue weighted by molar-refractivity contribution is 7.89. The average Bonchev–Trinajstić information content (AvgIpc) is 3.00. The van der Waals surface area contributed by atoms with Crippen LogP contribution in [0.2, 0.25) is 0 Å². The maximum atomic E-state index is 12.2. The molecule has 1 aliphatic carbocycles. The van der Waals surface area contributed by atoms with E-state index in [1.54, 1.807) is 12.1 Å². The van der Waals surface area contributed by atoms with Crippen LogP contribution in [0.15, 0.2) is 29.2 Å². The number of nitrogens with one attached hydrogen (secondary N) is 2. The van der Waals surface area contributed by atoms with Crippen molar-refractivity contribution in [2.75, 3.05) is 19.6 Å². The van der Waals surface area contributed by atoms with E-state index in [4.69, 9.17) is 0 Å². The normalized spacial score (nSPS) is 16.4. The molecule has 0 amide bonds. The molecule has 1 aromatic rings. The first-order valence-electron chi connectivity index (χ1n) is 7.91. The minimum absolute atomic E-state index is 0.368. The van der Waals surface area contributed by atoms with Crippen LogP contribution in [0.4, 0.5) is 0 Å². The number of hydrogen-bond donors (Lipinski definition) is 2. The van der Waals surface area contributed by atoms with Crippen molar-refractivity contribution in [3.8, 4) is 0 Å². The second-order valence-corrected chi connectivity index (χ2v) is 7.52. The second-order valence-electron chi connectivity index (χ2n) is 5.75. The first-order valence-corrected chi connectivity index (χ1v) is 9.39. The molecule has 0 spiro atoms.